The number of amides is 5. The largest absolute Gasteiger partial charge is 0.447 e. The summed E-state index contributed by atoms with van der Waals surface area (Å²) >= 11 is 0. The highest BCUT2D eigenvalue weighted by Gasteiger charge is 2.51. The van der Waals surface area contributed by atoms with Crippen molar-refractivity contribution in [3.05, 3.63) is 0 Å². The Kier molecular flexibility index (Phi) is 42.3. The summed E-state index contributed by atoms with van der Waals surface area (Å²) in [5.74, 6) is 0. The Morgan fingerprint density at radius 2 is 0.465 bits per heavy atom. The van der Waals surface area contributed by atoms with E-state index in [1.165, 1.54) is 0 Å². The third-order valence-corrected chi connectivity index (χ3v) is 40.4. The average Bonchev–Trinajstić information content (AvgIpc) is 1.79. The third kappa shape index (κ3) is 43.9. The van der Waals surface area contributed by atoms with Gasteiger partial charge in [0.15, 0.2) is 16.6 Å². The van der Waals surface area contributed by atoms with E-state index in [-0.39, 0.29) is 66.1 Å². The van der Waals surface area contributed by atoms with E-state index < -0.39 is 72.8 Å². The molecule has 0 aromatic carbocycles. The quantitative estimate of drug-likeness (QED) is 0.0168. The van der Waals surface area contributed by atoms with Crippen molar-refractivity contribution in [2.75, 3.05) is 197 Å². The van der Waals surface area contributed by atoms with Crippen molar-refractivity contribution in [1.82, 2.24) is 51.1 Å². The van der Waals surface area contributed by atoms with Gasteiger partial charge in [0.05, 0.1) is 33.0 Å². The maximum atomic E-state index is 12.6. The Morgan fingerprint density at radius 3 is 0.663 bits per heavy atom. The first-order chi connectivity index (χ1) is 48.2. The molecule has 5 amide bonds. The number of ether oxygens (including phenoxy) is 10. The summed E-state index contributed by atoms with van der Waals surface area (Å²) < 4.78 is 88.0. The molecule has 34 heteroatoms. The minimum Gasteiger partial charge on any atom is -0.447 e. The zero-order valence-corrected chi connectivity index (χ0v) is 69.2. The normalized spacial score (nSPS) is 18.9. The van der Waals surface area contributed by atoms with Crippen LogP contribution in [0.3, 0.4) is 0 Å². The molecule has 0 aromatic heterocycles. The van der Waals surface area contributed by atoms with E-state index in [2.05, 4.69) is 132 Å². The average molecular weight is 1530 g/mol. The Labute approximate surface area is 611 Å². The first kappa shape index (κ1) is 88.5. The van der Waals surface area contributed by atoms with E-state index in [1.807, 2.05) is 0 Å². The van der Waals surface area contributed by atoms with Crippen LogP contribution in [0, 0.1) is 0 Å². The van der Waals surface area contributed by atoms with Crippen molar-refractivity contribution in [2.45, 2.75) is 205 Å². The van der Waals surface area contributed by atoms with Crippen molar-refractivity contribution < 1.29 is 87.8 Å². The molecular formula is C67H136N10O19Si5. The topological polar surface area (TPSA) is 290 Å². The summed E-state index contributed by atoms with van der Waals surface area (Å²) in [5, 5.41) is 14.3. The van der Waals surface area contributed by atoms with Crippen LogP contribution in [0.1, 0.15) is 98.8 Å². The number of hydrogen-bond acceptors (Lipinski definition) is 24. The highest BCUT2D eigenvalue weighted by atomic mass is 28.5. The maximum absolute atomic E-state index is 12.6. The molecule has 7 unspecified atom stereocenters. The van der Waals surface area contributed by atoms with Crippen LogP contribution < -0.4 is 26.6 Å². The van der Waals surface area contributed by atoms with Crippen LogP contribution in [0.2, 0.25) is 76.0 Å². The molecule has 0 radical (unpaired) electrons. The van der Waals surface area contributed by atoms with Crippen LogP contribution >= 0.6 is 0 Å². The zero-order chi connectivity index (χ0) is 73.4. The van der Waals surface area contributed by atoms with Gasteiger partial charge >= 0.3 is 56.1 Å². The second-order valence-electron chi connectivity index (χ2n) is 29.6. The molecule has 5 N–H and O–H groups in total. The lowest BCUT2D eigenvalue weighted by molar-refractivity contribution is 0.0719. The van der Waals surface area contributed by atoms with Gasteiger partial charge in [0, 0.05) is 161 Å². The van der Waals surface area contributed by atoms with Gasteiger partial charge in [-0.15, -0.1) is 0 Å². The number of nitrogens with zero attached hydrogens (tertiary/aromatic N) is 5. The highest BCUT2D eigenvalue weighted by molar-refractivity contribution is 6.91. The highest BCUT2D eigenvalue weighted by Crippen LogP contribution is 2.35. The van der Waals surface area contributed by atoms with E-state index >= 15 is 0 Å². The lowest BCUT2D eigenvalue weighted by atomic mass is 10.2. The predicted octanol–water partition coefficient (Wildman–Crippen LogP) is 7.81. The van der Waals surface area contributed by atoms with Gasteiger partial charge in [-0.25, -0.2) is 24.0 Å². The second-order valence-corrected chi connectivity index (χ2v) is 49.2. The molecule has 5 fully saturated rings. The van der Waals surface area contributed by atoms with Crippen molar-refractivity contribution in [1.29, 1.82) is 0 Å². The van der Waals surface area contributed by atoms with Crippen LogP contribution in [-0.4, -0.2) is 325 Å². The van der Waals surface area contributed by atoms with Gasteiger partial charge in [-0.2, -0.15) is 0 Å². The van der Waals surface area contributed by atoms with E-state index in [1.54, 1.807) is 0 Å². The SMILES string of the molecule is CC(CCNC(=O)OCCOCCC[Si](C)(C)O[Si](C)(CCCOCCOC(=O)NCCC(C)N1CC1)O[Si](C)(CCCOCCOC(=O)NCCC(C)N1CC1)O[Si](C)(CCCOCCOC(=O)NCCC(C)N1CC1)O[Si](C)(C)CCCOCCOC(=O)NCCC(C)N1CC1)N1CC1. The molecular weight excluding hydrogens is 1390 g/mol. The van der Waals surface area contributed by atoms with Gasteiger partial charge in [0.2, 0.25) is 0 Å². The van der Waals surface area contributed by atoms with Gasteiger partial charge in [0.1, 0.15) is 33.0 Å². The molecule has 588 valence electrons. The Hall–Kier alpha value is -3.13. The van der Waals surface area contributed by atoms with Crippen LogP contribution in [0.25, 0.3) is 0 Å². The molecule has 29 nitrogen and oxygen atoms in total. The van der Waals surface area contributed by atoms with Crippen molar-refractivity contribution in [2.24, 2.45) is 0 Å². The molecule has 5 rings (SSSR count). The van der Waals surface area contributed by atoms with E-state index in [0.717, 1.165) is 122 Å². The lowest BCUT2D eigenvalue weighted by Gasteiger charge is -2.46. The minimum absolute atomic E-state index is 0.106. The Morgan fingerprint density at radius 1 is 0.277 bits per heavy atom. The molecule has 0 bridgehead atoms. The Bertz CT molecular complexity index is 2200. The van der Waals surface area contributed by atoms with Gasteiger partial charge in [-0.3, -0.25) is 24.5 Å². The van der Waals surface area contributed by atoms with Crippen LogP contribution in [0.5, 0.6) is 0 Å². The molecule has 5 saturated heterocycles. The molecule has 7 atom stereocenters. The molecule has 0 aromatic rings. The maximum Gasteiger partial charge on any atom is 0.407 e. The monoisotopic (exact) mass is 1520 g/mol. The van der Waals surface area contributed by atoms with Crippen molar-refractivity contribution in [3.63, 3.8) is 0 Å². The van der Waals surface area contributed by atoms with Crippen LogP contribution in [0.4, 0.5) is 24.0 Å². The molecule has 0 aliphatic carbocycles. The van der Waals surface area contributed by atoms with Crippen molar-refractivity contribution in [3.8, 4) is 0 Å². The molecule has 0 saturated carbocycles. The first-order valence-electron chi connectivity index (χ1n) is 38.2. The predicted molar refractivity (Wildman–Crippen MR) is 400 cm³/mol. The number of carbonyl (C=O) groups excluding carboxylic acids is 5. The summed E-state index contributed by atoms with van der Waals surface area (Å²) in [4.78, 5) is 74.2. The van der Waals surface area contributed by atoms with Gasteiger partial charge < -0.3 is 90.4 Å². The molecule has 101 heavy (non-hydrogen) atoms. The fraction of sp³-hybridized carbons (Fsp3) is 0.925. The summed E-state index contributed by atoms with van der Waals surface area (Å²) in [6.07, 6.45) is 5.34. The van der Waals surface area contributed by atoms with E-state index in [4.69, 9.17) is 63.8 Å². The molecule has 5 aliphatic heterocycles. The number of rotatable bonds is 63. The fourth-order valence-corrected chi connectivity index (χ4v) is 38.2. The zero-order valence-electron chi connectivity index (χ0n) is 64.2. The molecule has 5 aliphatic rings. The number of alkyl carbamates (subject to hydrolysis) is 5. The van der Waals surface area contributed by atoms with Gasteiger partial charge in [-0.1, -0.05) is 0 Å². The van der Waals surface area contributed by atoms with E-state index in [9.17, 15) is 24.0 Å². The standard InChI is InChI=1S/C67H136N10O19Si5/c1-58(73-28-29-73)18-23-68-63(78)88-48-43-83-38-13-53-97(6,7)93-99(10,55-15-40-85-45-50-90-65(80)70-25-20-60(3)75-32-33-75)95-101(12,57-17-42-87-47-52-92-67(82)72-27-22-62(5)77-36-37-77)96-100(11,56-16-41-86-46-51-91-66(81)71-26-21-61(4)76-34-35-76)94-98(8,9)54-14-39-84-44-49-89-64(79)69-24-19-59(2)74-30-31-74/h58-62H,13-57H2,1-12H3,(H,68,78)(H,69,79)(H,70,80)(H,71,81)(H,72,82). The fourth-order valence-electron chi connectivity index (χ4n) is 12.3. The van der Waals surface area contributed by atoms with Gasteiger partial charge in [0.25, 0.3) is 0 Å². The lowest BCUT2D eigenvalue weighted by Crippen LogP contribution is -2.61. The summed E-state index contributed by atoms with van der Waals surface area (Å²) in [5.41, 5.74) is 0. The van der Waals surface area contributed by atoms with Crippen molar-refractivity contribution >= 4 is 72.8 Å². The van der Waals surface area contributed by atoms with Crippen LogP contribution in [0.15, 0.2) is 0 Å². The summed E-state index contributed by atoms with van der Waals surface area (Å²) in [6.45, 7) is 43.9. The summed E-state index contributed by atoms with van der Waals surface area (Å²) in [6, 6.07) is 5.41. The molecule has 0 spiro atoms. The molecule has 5 heterocycles. The third-order valence-electron chi connectivity index (χ3n) is 18.7. The smallest absolute Gasteiger partial charge is 0.407 e. The van der Waals surface area contributed by atoms with E-state index in [0.29, 0.717) is 133 Å². The number of carbonyl (C=O) groups is 5. The Balaban J connectivity index is 1.25. The summed E-state index contributed by atoms with van der Waals surface area (Å²) in [7, 11) is -14.8. The van der Waals surface area contributed by atoms with Gasteiger partial charge in [-0.05, 0) is 175 Å². The number of hydrogen-bond donors (Lipinski definition) is 5. The second kappa shape index (κ2) is 48.2. The minimum atomic E-state index is -3.35. The first-order valence-corrected chi connectivity index (χ1v) is 52.0. The number of nitrogens with one attached hydrogen (secondary N) is 5. The van der Waals surface area contributed by atoms with Crippen LogP contribution in [-0.2, 0) is 63.8 Å².